The highest BCUT2D eigenvalue weighted by Crippen LogP contribution is 2.35. The number of fused-ring (bicyclic) bond motifs is 1. The van der Waals surface area contributed by atoms with Gasteiger partial charge in [0.15, 0.2) is 23.0 Å². The van der Waals surface area contributed by atoms with Crippen molar-refractivity contribution in [3.8, 4) is 23.0 Å². The van der Waals surface area contributed by atoms with Crippen LogP contribution in [0.15, 0.2) is 46.3 Å². The third-order valence-corrected chi connectivity index (χ3v) is 5.04. The van der Waals surface area contributed by atoms with E-state index in [1.54, 1.807) is 14.2 Å². The number of ether oxygens (including phenoxy) is 4. The molecule has 8 heteroatoms. The number of aliphatic imine (C=N–C) groups is 1. The van der Waals surface area contributed by atoms with Crippen molar-refractivity contribution in [1.29, 1.82) is 0 Å². The second-order valence-corrected chi connectivity index (χ2v) is 7.00. The minimum Gasteiger partial charge on any atom is -0.493 e. The van der Waals surface area contributed by atoms with Crippen molar-refractivity contribution in [2.75, 3.05) is 21.0 Å². The average Bonchev–Trinajstić information content (AvgIpc) is 3.31. The van der Waals surface area contributed by atoms with Gasteiger partial charge in [-0.15, -0.1) is 0 Å². The molecular weight excluding hydrogens is 380 g/mol. The molecule has 0 bridgehead atoms. The van der Waals surface area contributed by atoms with Crippen LogP contribution in [0.2, 0.25) is 0 Å². The average molecular weight is 398 g/mol. The highest BCUT2D eigenvalue weighted by molar-refractivity contribution is 8.18. The van der Waals surface area contributed by atoms with Gasteiger partial charge in [0.2, 0.25) is 6.79 Å². The fourth-order valence-electron chi connectivity index (χ4n) is 2.85. The van der Waals surface area contributed by atoms with Crippen molar-refractivity contribution in [1.82, 2.24) is 5.32 Å². The van der Waals surface area contributed by atoms with Gasteiger partial charge in [-0.3, -0.25) is 9.79 Å². The highest BCUT2D eigenvalue weighted by atomic mass is 32.2. The van der Waals surface area contributed by atoms with Gasteiger partial charge in [-0.25, -0.2) is 0 Å². The lowest BCUT2D eigenvalue weighted by atomic mass is 10.2. The third-order valence-electron chi connectivity index (χ3n) is 4.22. The Bertz CT molecular complexity index is 987. The van der Waals surface area contributed by atoms with Crippen LogP contribution in [-0.2, 0) is 6.54 Å². The maximum atomic E-state index is 11.9. The van der Waals surface area contributed by atoms with E-state index in [-0.39, 0.29) is 12.0 Å². The Morgan fingerprint density at radius 1 is 1.11 bits per heavy atom. The molecular formula is C20H18N2O5S. The second-order valence-electron chi connectivity index (χ2n) is 5.99. The Hall–Kier alpha value is -3.13. The second kappa shape index (κ2) is 7.85. The number of amides is 1. The fraction of sp³-hybridized carbons (Fsp3) is 0.200. The van der Waals surface area contributed by atoms with E-state index < -0.39 is 0 Å². The Kier molecular flexibility index (Phi) is 5.12. The molecule has 1 saturated heterocycles. The minimum absolute atomic E-state index is 0.155. The van der Waals surface area contributed by atoms with E-state index in [2.05, 4.69) is 10.3 Å². The number of amidine groups is 1. The summed E-state index contributed by atoms with van der Waals surface area (Å²) in [6.45, 7) is 0.622. The summed E-state index contributed by atoms with van der Waals surface area (Å²) < 4.78 is 21.3. The molecule has 1 fully saturated rings. The lowest BCUT2D eigenvalue weighted by Crippen LogP contribution is -2.19. The zero-order valence-electron chi connectivity index (χ0n) is 15.4. The van der Waals surface area contributed by atoms with Gasteiger partial charge in [-0.2, -0.15) is 0 Å². The molecule has 0 aliphatic carbocycles. The summed E-state index contributed by atoms with van der Waals surface area (Å²) >= 11 is 1.11. The van der Waals surface area contributed by atoms with Crippen molar-refractivity contribution in [2.24, 2.45) is 4.99 Å². The summed E-state index contributed by atoms with van der Waals surface area (Å²) in [7, 11) is 3.18. The van der Waals surface area contributed by atoms with Gasteiger partial charge >= 0.3 is 0 Å². The maximum Gasteiger partial charge on any atom is 0.289 e. The standard InChI is InChI=1S/C20H18N2O5S/c1-24-14-5-4-13(8-16(14)25-2)10-21-19-18(28-20(23)22-19)9-12-3-6-15-17(7-12)27-11-26-15/h3-9H,10-11H2,1-2H3,(H,21,22,23)/b18-9-. The van der Waals surface area contributed by atoms with Crippen LogP contribution >= 0.6 is 11.8 Å². The number of methoxy groups -OCH3 is 2. The number of hydrogen-bond acceptors (Lipinski definition) is 7. The van der Waals surface area contributed by atoms with Crippen molar-refractivity contribution >= 4 is 28.9 Å². The third kappa shape index (κ3) is 3.77. The minimum atomic E-state index is -0.155. The van der Waals surface area contributed by atoms with Gasteiger partial charge < -0.3 is 24.3 Å². The predicted molar refractivity (Wildman–Crippen MR) is 107 cm³/mol. The number of carbonyl (C=O) groups is 1. The summed E-state index contributed by atoms with van der Waals surface area (Å²) in [4.78, 5) is 17.2. The molecule has 0 unspecified atom stereocenters. The summed E-state index contributed by atoms with van der Waals surface area (Å²) in [5.74, 6) is 3.26. The number of rotatable bonds is 5. The van der Waals surface area contributed by atoms with Crippen LogP contribution in [-0.4, -0.2) is 32.1 Å². The quantitative estimate of drug-likeness (QED) is 0.825. The number of carbonyl (C=O) groups excluding carboxylic acids is 1. The Morgan fingerprint density at radius 3 is 2.75 bits per heavy atom. The molecule has 0 atom stereocenters. The summed E-state index contributed by atoms with van der Waals surface area (Å²) in [5, 5.41) is 2.64. The van der Waals surface area contributed by atoms with E-state index >= 15 is 0 Å². The Morgan fingerprint density at radius 2 is 1.93 bits per heavy atom. The fourth-order valence-corrected chi connectivity index (χ4v) is 3.61. The lowest BCUT2D eigenvalue weighted by Gasteiger charge is -2.08. The molecule has 28 heavy (non-hydrogen) atoms. The largest absolute Gasteiger partial charge is 0.493 e. The monoisotopic (exact) mass is 398 g/mol. The molecule has 0 spiro atoms. The Labute approximate surface area is 166 Å². The number of nitrogens with one attached hydrogen (secondary N) is 1. The molecule has 0 saturated carbocycles. The summed E-state index contributed by atoms with van der Waals surface area (Å²) in [5.41, 5.74) is 1.85. The first-order valence-corrected chi connectivity index (χ1v) is 9.34. The van der Waals surface area contributed by atoms with Crippen LogP contribution in [0.25, 0.3) is 6.08 Å². The zero-order chi connectivity index (χ0) is 19.5. The van der Waals surface area contributed by atoms with E-state index in [1.165, 1.54) is 0 Å². The van der Waals surface area contributed by atoms with Gasteiger partial charge in [-0.1, -0.05) is 12.1 Å². The van der Waals surface area contributed by atoms with E-state index in [4.69, 9.17) is 18.9 Å². The maximum absolute atomic E-state index is 11.9. The van der Waals surface area contributed by atoms with Gasteiger partial charge in [0.05, 0.1) is 25.7 Å². The normalized spacial score (nSPS) is 17.9. The first-order valence-electron chi connectivity index (χ1n) is 8.52. The van der Waals surface area contributed by atoms with Gasteiger partial charge in [-0.05, 0) is 53.2 Å². The van der Waals surface area contributed by atoms with Crippen molar-refractivity contribution in [3.05, 3.63) is 52.4 Å². The van der Waals surface area contributed by atoms with Crippen LogP contribution in [0.5, 0.6) is 23.0 Å². The summed E-state index contributed by atoms with van der Waals surface area (Å²) in [6.07, 6.45) is 1.90. The topological polar surface area (TPSA) is 78.4 Å². The van der Waals surface area contributed by atoms with E-state index in [1.807, 2.05) is 42.5 Å². The molecule has 7 nitrogen and oxygen atoms in total. The molecule has 4 rings (SSSR count). The number of thioether (sulfide) groups is 1. The predicted octanol–water partition coefficient (Wildman–Crippen LogP) is 3.83. The zero-order valence-corrected chi connectivity index (χ0v) is 16.2. The molecule has 2 heterocycles. The molecule has 0 aromatic heterocycles. The molecule has 2 aliphatic heterocycles. The number of nitrogens with zero attached hydrogens (tertiary/aromatic N) is 1. The van der Waals surface area contributed by atoms with E-state index in [0.29, 0.717) is 29.6 Å². The first-order chi connectivity index (χ1) is 13.7. The van der Waals surface area contributed by atoms with Gasteiger partial charge in [0, 0.05) is 0 Å². The van der Waals surface area contributed by atoms with Crippen LogP contribution < -0.4 is 24.3 Å². The highest BCUT2D eigenvalue weighted by Gasteiger charge is 2.23. The van der Waals surface area contributed by atoms with Crippen molar-refractivity contribution < 1.29 is 23.7 Å². The lowest BCUT2D eigenvalue weighted by molar-refractivity contribution is 0.174. The molecule has 0 radical (unpaired) electrons. The van der Waals surface area contributed by atoms with Crippen molar-refractivity contribution in [3.63, 3.8) is 0 Å². The number of benzene rings is 2. The summed E-state index contributed by atoms with van der Waals surface area (Å²) in [6, 6.07) is 11.3. The molecule has 1 amide bonds. The van der Waals surface area contributed by atoms with E-state index in [9.17, 15) is 4.79 Å². The van der Waals surface area contributed by atoms with Crippen LogP contribution in [0.1, 0.15) is 11.1 Å². The van der Waals surface area contributed by atoms with Crippen molar-refractivity contribution in [2.45, 2.75) is 6.54 Å². The van der Waals surface area contributed by atoms with Crippen LogP contribution in [0.4, 0.5) is 4.79 Å². The molecule has 2 aliphatic rings. The molecule has 144 valence electrons. The van der Waals surface area contributed by atoms with Crippen LogP contribution in [0, 0.1) is 0 Å². The molecule has 2 aromatic carbocycles. The molecule has 1 N–H and O–H groups in total. The SMILES string of the molecule is COc1ccc(CN=C2NC(=O)S/C2=C\c2ccc3c(c2)OCO3)cc1OC. The first kappa shape index (κ1) is 18.2. The van der Waals surface area contributed by atoms with Gasteiger partial charge in [0.25, 0.3) is 5.24 Å². The van der Waals surface area contributed by atoms with Gasteiger partial charge in [0.1, 0.15) is 5.84 Å². The Balaban J connectivity index is 1.56. The molecule has 2 aromatic rings. The smallest absolute Gasteiger partial charge is 0.289 e. The van der Waals surface area contributed by atoms with E-state index in [0.717, 1.165) is 33.5 Å². The number of hydrogen-bond donors (Lipinski definition) is 1. The van der Waals surface area contributed by atoms with Crippen LogP contribution in [0.3, 0.4) is 0 Å².